The summed E-state index contributed by atoms with van der Waals surface area (Å²) in [6.45, 7) is 0.362. The predicted molar refractivity (Wildman–Crippen MR) is 127 cm³/mol. The van der Waals surface area contributed by atoms with Crippen molar-refractivity contribution in [3.8, 4) is 5.75 Å². The van der Waals surface area contributed by atoms with Gasteiger partial charge in [-0.25, -0.2) is 0 Å². The Kier molecular flexibility index (Phi) is 7.47. The van der Waals surface area contributed by atoms with Gasteiger partial charge in [-0.05, 0) is 43.7 Å². The molecule has 2 amide bonds. The molecule has 1 aromatic heterocycles. The van der Waals surface area contributed by atoms with Gasteiger partial charge in [0.2, 0.25) is 5.43 Å². The van der Waals surface area contributed by atoms with Crippen molar-refractivity contribution < 1.29 is 14.3 Å². The number of rotatable bonds is 8. The average molecular weight is 452 g/mol. The standard InChI is InChI=1S/C26H33N3O4/c1-33-23-11-7-6-8-18(23)14-15-27-25(31)21-16-29(20-12-13-20)17-22(24(21)30)26(32)28-19-9-4-2-3-5-10-19/h6-8,11,16-17,19-20H,2-5,9-10,12-15H2,1H3,(H,27,31)(H,28,32). The molecular formula is C26H33N3O4. The third-order valence-electron chi connectivity index (χ3n) is 6.57. The molecule has 2 aromatic rings. The predicted octanol–water partition coefficient (Wildman–Crippen LogP) is 3.62. The maximum absolute atomic E-state index is 13.1. The average Bonchev–Trinajstić information content (AvgIpc) is 3.68. The first-order chi connectivity index (χ1) is 16.1. The van der Waals surface area contributed by atoms with E-state index in [1.165, 1.54) is 12.8 Å². The summed E-state index contributed by atoms with van der Waals surface area (Å²) in [6, 6.07) is 7.98. The second-order valence-corrected chi connectivity index (χ2v) is 9.07. The second kappa shape index (κ2) is 10.7. The van der Waals surface area contributed by atoms with Crippen molar-refractivity contribution in [1.82, 2.24) is 15.2 Å². The first-order valence-corrected chi connectivity index (χ1v) is 12.0. The summed E-state index contributed by atoms with van der Waals surface area (Å²) in [5.74, 6) is -0.0570. The summed E-state index contributed by atoms with van der Waals surface area (Å²) in [6.07, 6.45) is 12.2. The van der Waals surface area contributed by atoms with E-state index in [4.69, 9.17) is 4.74 Å². The maximum Gasteiger partial charge on any atom is 0.256 e. The zero-order chi connectivity index (χ0) is 23.2. The quantitative estimate of drug-likeness (QED) is 0.600. The van der Waals surface area contributed by atoms with Gasteiger partial charge >= 0.3 is 0 Å². The minimum atomic E-state index is -0.507. The Morgan fingerprint density at radius 3 is 2.30 bits per heavy atom. The highest BCUT2D eigenvalue weighted by molar-refractivity contribution is 5.99. The molecule has 0 bridgehead atoms. The van der Waals surface area contributed by atoms with Crippen LogP contribution in [0.2, 0.25) is 0 Å². The van der Waals surface area contributed by atoms with Crippen molar-refractivity contribution in [2.75, 3.05) is 13.7 Å². The van der Waals surface area contributed by atoms with E-state index in [9.17, 15) is 14.4 Å². The fourth-order valence-electron chi connectivity index (χ4n) is 4.51. The van der Waals surface area contributed by atoms with Gasteiger partial charge in [-0.1, -0.05) is 43.9 Å². The van der Waals surface area contributed by atoms with Crippen LogP contribution in [0.4, 0.5) is 0 Å². The van der Waals surface area contributed by atoms with Crippen molar-refractivity contribution >= 4 is 11.8 Å². The van der Waals surface area contributed by atoms with Crippen molar-refractivity contribution in [2.45, 2.75) is 69.9 Å². The van der Waals surface area contributed by atoms with Gasteiger partial charge in [0.05, 0.1) is 7.11 Å². The number of amides is 2. The Morgan fingerprint density at radius 1 is 0.970 bits per heavy atom. The van der Waals surface area contributed by atoms with Crippen LogP contribution in [0.5, 0.6) is 5.75 Å². The number of hydrogen-bond acceptors (Lipinski definition) is 4. The van der Waals surface area contributed by atoms with Crippen molar-refractivity contribution in [1.29, 1.82) is 0 Å². The van der Waals surface area contributed by atoms with Gasteiger partial charge < -0.3 is 19.9 Å². The molecule has 0 saturated heterocycles. The lowest BCUT2D eigenvalue weighted by molar-refractivity contribution is 0.0931. The van der Waals surface area contributed by atoms with E-state index in [2.05, 4.69) is 10.6 Å². The molecule has 176 valence electrons. The number of hydrogen-bond donors (Lipinski definition) is 2. The molecule has 0 radical (unpaired) electrons. The van der Waals surface area contributed by atoms with Crippen molar-refractivity contribution in [3.05, 3.63) is 63.6 Å². The number of para-hydroxylation sites is 1. The Labute approximate surface area is 194 Å². The van der Waals surface area contributed by atoms with E-state index in [-0.39, 0.29) is 29.1 Å². The summed E-state index contributed by atoms with van der Waals surface area (Å²) in [4.78, 5) is 39.1. The number of nitrogens with one attached hydrogen (secondary N) is 2. The van der Waals surface area contributed by atoms with Crippen LogP contribution in [-0.2, 0) is 6.42 Å². The van der Waals surface area contributed by atoms with E-state index < -0.39 is 11.3 Å². The Hall–Kier alpha value is -3.09. The number of aromatic nitrogens is 1. The molecular weight excluding hydrogens is 418 g/mol. The van der Waals surface area contributed by atoms with Crippen LogP contribution in [0.15, 0.2) is 41.5 Å². The monoisotopic (exact) mass is 451 g/mol. The molecule has 1 aromatic carbocycles. The van der Waals surface area contributed by atoms with Gasteiger partial charge in [0.25, 0.3) is 11.8 Å². The smallest absolute Gasteiger partial charge is 0.256 e. The number of pyridine rings is 1. The zero-order valence-corrected chi connectivity index (χ0v) is 19.3. The summed E-state index contributed by atoms with van der Waals surface area (Å²) in [7, 11) is 1.61. The molecule has 2 aliphatic rings. The molecule has 0 unspecified atom stereocenters. The molecule has 2 saturated carbocycles. The number of ether oxygens (including phenoxy) is 1. The van der Waals surface area contributed by atoms with Crippen LogP contribution < -0.4 is 20.8 Å². The highest BCUT2D eigenvalue weighted by Gasteiger charge is 2.27. The van der Waals surface area contributed by atoms with Crippen LogP contribution in [0.25, 0.3) is 0 Å². The summed E-state index contributed by atoms with van der Waals surface area (Å²) >= 11 is 0. The summed E-state index contributed by atoms with van der Waals surface area (Å²) in [5, 5.41) is 5.89. The number of carbonyl (C=O) groups is 2. The molecule has 7 heteroatoms. The topological polar surface area (TPSA) is 89.4 Å². The summed E-state index contributed by atoms with van der Waals surface area (Å²) < 4.78 is 7.22. The van der Waals surface area contributed by atoms with E-state index in [0.717, 1.165) is 49.8 Å². The SMILES string of the molecule is COc1ccccc1CCNC(=O)c1cn(C2CC2)cc(C(=O)NC2CCCCCC2)c1=O. The molecule has 33 heavy (non-hydrogen) atoms. The molecule has 0 aliphatic heterocycles. The number of nitrogens with zero attached hydrogens (tertiary/aromatic N) is 1. The number of carbonyl (C=O) groups excluding carboxylic acids is 2. The lowest BCUT2D eigenvalue weighted by Gasteiger charge is -2.17. The fourth-order valence-corrected chi connectivity index (χ4v) is 4.51. The van der Waals surface area contributed by atoms with Crippen LogP contribution >= 0.6 is 0 Å². The minimum Gasteiger partial charge on any atom is -0.496 e. The minimum absolute atomic E-state index is 0.0236. The van der Waals surface area contributed by atoms with Gasteiger partial charge in [0, 0.05) is 31.0 Å². The van der Waals surface area contributed by atoms with Gasteiger partial charge in [0.1, 0.15) is 16.9 Å². The van der Waals surface area contributed by atoms with E-state index in [1.807, 2.05) is 28.8 Å². The normalized spacial score (nSPS) is 16.6. The largest absolute Gasteiger partial charge is 0.496 e. The van der Waals surface area contributed by atoms with Gasteiger partial charge in [-0.15, -0.1) is 0 Å². The third-order valence-corrected chi connectivity index (χ3v) is 6.57. The van der Waals surface area contributed by atoms with Crippen LogP contribution in [0.1, 0.15) is 83.7 Å². The molecule has 7 nitrogen and oxygen atoms in total. The Bertz CT molecular complexity index is 1050. The summed E-state index contributed by atoms with van der Waals surface area (Å²) in [5.41, 5.74) is 0.555. The number of benzene rings is 1. The van der Waals surface area contributed by atoms with Gasteiger partial charge in [-0.3, -0.25) is 14.4 Å². The zero-order valence-electron chi connectivity index (χ0n) is 19.3. The lowest BCUT2D eigenvalue weighted by Crippen LogP contribution is -2.39. The molecule has 2 N–H and O–H groups in total. The van der Waals surface area contributed by atoms with Gasteiger partial charge in [0.15, 0.2) is 0 Å². The highest BCUT2D eigenvalue weighted by atomic mass is 16.5. The fraction of sp³-hybridized carbons (Fsp3) is 0.500. The molecule has 0 spiro atoms. The second-order valence-electron chi connectivity index (χ2n) is 9.07. The van der Waals surface area contributed by atoms with Crippen molar-refractivity contribution in [3.63, 3.8) is 0 Å². The molecule has 1 heterocycles. The van der Waals surface area contributed by atoms with Crippen LogP contribution in [0, 0.1) is 0 Å². The van der Waals surface area contributed by atoms with E-state index >= 15 is 0 Å². The first-order valence-electron chi connectivity index (χ1n) is 12.0. The Morgan fingerprint density at radius 2 is 1.64 bits per heavy atom. The molecule has 4 rings (SSSR count). The van der Waals surface area contributed by atoms with E-state index in [1.54, 1.807) is 19.5 Å². The van der Waals surface area contributed by atoms with Crippen LogP contribution in [0.3, 0.4) is 0 Å². The Balaban J connectivity index is 1.48. The first kappa shape index (κ1) is 23.1. The van der Waals surface area contributed by atoms with E-state index in [0.29, 0.717) is 13.0 Å². The van der Waals surface area contributed by atoms with Gasteiger partial charge in [-0.2, -0.15) is 0 Å². The lowest BCUT2D eigenvalue weighted by atomic mass is 10.1. The molecule has 2 aliphatic carbocycles. The maximum atomic E-state index is 13.1. The molecule has 2 fully saturated rings. The number of methoxy groups -OCH3 is 1. The third kappa shape index (κ3) is 5.83. The van der Waals surface area contributed by atoms with Crippen molar-refractivity contribution in [2.24, 2.45) is 0 Å². The van der Waals surface area contributed by atoms with Crippen LogP contribution in [-0.4, -0.2) is 36.1 Å². The molecule has 0 atom stereocenters. The highest BCUT2D eigenvalue weighted by Crippen LogP contribution is 2.34.